The molecule has 0 aliphatic carbocycles. The molecule has 0 amide bonds. The predicted octanol–water partition coefficient (Wildman–Crippen LogP) is 1.86. The van der Waals surface area contributed by atoms with Crippen LogP contribution in [0.4, 0.5) is 0 Å². The van der Waals surface area contributed by atoms with Gasteiger partial charge in [0.2, 0.25) is 0 Å². The van der Waals surface area contributed by atoms with Gasteiger partial charge in [-0.1, -0.05) is 38.7 Å². The molecule has 0 unspecified atom stereocenters. The number of amidine groups is 1. The maximum Gasteiger partial charge on any atom is 0.131 e. The number of hydrogen-bond donors (Lipinski definition) is 1. The molecular weight excluding hydrogens is 174 g/mol. The molecular formula is C11H17N3. The van der Waals surface area contributed by atoms with E-state index in [4.69, 9.17) is 5.84 Å². The van der Waals surface area contributed by atoms with Crippen LogP contribution in [0.15, 0.2) is 41.7 Å². The Morgan fingerprint density at radius 3 is 2.93 bits per heavy atom. The highest BCUT2D eigenvalue weighted by molar-refractivity contribution is 5.85. The monoisotopic (exact) mass is 191 g/mol. The first kappa shape index (κ1) is 10.6. The van der Waals surface area contributed by atoms with Crippen LogP contribution in [0.1, 0.15) is 13.8 Å². The van der Waals surface area contributed by atoms with Crippen molar-refractivity contribution in [3.05, 3.63) is 36.6 Å². The number of nitrogens with zero attached hydrogens (tertiary/aromatic N) is 2. The molecule has 1 heterocycles. The van der Waals surface area contributed by atoms with E-state index >= 15 is 0 Å². The summed E-state index contributed by atoms with van der Waals surface area (Å²) in [4.78, 5) is 2.04. The van der Waals surface area contributed by atoms with Crippen molar-refractivity contribution in [3.8, 4) is 0 Å². The Balaban J connectivity index is 2.85. The summed E-state index contributed by atoms with van der Waals surface area (Å²) in [6.45, 7) is 8.71. The van der Waals surface area contributed by atoms with E-state index in [1.807, 2.05) is 23.3 Å². The summed E-state index contributed by atoms with van der Waals surface area (Å²) >= 11 is 0. The number of allylic oxidation sites excluding steroid dienone is 3. The third kappa shape index (κ3) is 2.25. The molecule has 0 aromatic carbocycles. The molecule has 0 atom stereocenters. The summed E-state index contributed by atoms with van der Waals surface area (Å²) in [6.07, 6.45) is 7.94. The van der Waals surface area contributed by atoms with Gasteiger partial charge in [-0.25, -0.2) is 0 Å². The minimum Gasteiger partial charge on any atom is -0.330 e. The fraction of sp³-hybridized carbons (Fsp3) is 0.364. The molecule has 0 aromatic rings. The van der Waals surface area contributed by atoms with E-state index in [0.717, 1.165) is 18.0 Å². The van der Waals surface area contributed by atoms with Gasteiger partial charge in [-0.3, -0.25) is 0 Å². The minimum absolute atomic E-state index is 0.328. The van der Waals surface area contributed by atoms with Gasteiger partial charge in [0, 0.05) is 18.7 Å². The Kier molecular flexibility index (Phi) is 3.51. The van der Waals surface area contributed by atoms with Gasteiger partial charge >= 0.3 is 0 Å². The zero-order valence-corrected chi connectivity index (χ0v) is 8.77. The van der Waals surface area contributed by atoms with Gasteiger partial charge in [-0.2, -0.15) is 5.10 Å². The smallest absolute Gasteiger partial charge is 0.131 e. The molecule has 1 aliphatic rings. The summed E-state index contributed by atoms with van der Waals surface area (Å²) in [7, 11) is 0. The molecule has 1 rings (SSSR count). The lowest BCUT2D eigenvalue weighted by Gasteiger charge is -2.25. The molecule has 0 saturated heterocycles. The van der Waals surface area contributed by atoms with Crippen LogP contribution >= 0.6 is 0 Å². The number of nitrogens with two attached hydrogens (primary N) is 1. The summed E-state index contributed by atoms with van der Waals surface area (Å²) in [5, 5.41) is 3.81. The van der Waals surface area contributed by atoms with Crippen LogP contribution in [0, 0.1) is 5.92 Å². The van der Waals surface area contributed by atoms with Crippen LogP contribution in [0.25, 0.3) is 0 Å². The van der Waals surface area contributed by atoms with E-state index in [2.05, 4.69) is 31.6 Å². The Morgan fingerprint density at radius 2 is 2.43 bits per heavy atom. The fourth-order valence-electron chi connectivity index (χ4n) is 1.41. The van der Waals surface area contributed by atoms with E-state index in [9.17, 15) is 0 Å². The first-order chi connectivity index (χ1) is 6.69. The van der Waals surface area contributed by atoms with E-state index in [1.165, 1.54) is 0 Å². The lowest BCUT2D eigenvalue weighted by atomic mass is 10.1. The van der Waals surface area contributed by atoms with E-state index in [1.54, 1.807) is 0 Å². The average molecular weight is 191 g/mol. The predicted molar refractivity (Wildman–Crippen MR) is 60.6 cm³/mol. The van der Waals surface area contributed by atoms with Gasteiger partial charge in [0.25, 0.3) is 0 Å². The third-order valence-electron chi connectivity index (χ3n) is 2.10. The fourth-order valence-corrected chi connectivity index (χ4v) is 1.41. The summed E-state index contributed by atoms with van der Waals surface area (Å²) in [6, 6.07) is 0. The summed E-state index contributed by atoms with van der Waals surface area (Å²) in [5.74, 6) is 6.58. The Labute approximate surface area is 85.3 Å². The lowest BCUT2D eigenvalue weighted by Crippen LogP contribution is -2.32. The first-order valence-electron chi connectivity index (χ1n) is 4.74. The second-order valence-electron chi connectivity index (χ2n) is 3.53. The van der Waals surface area contributed by atoms with Gasteiger partial charge in [0.1, 0.15) is 5.84 Å². The van der Waals surface area contributed by atoms with E-state index in [0.29, 0.717) is 5.92 Å². The van der Waals surface area contributed by atoms with Crippen molar-refractivity contribution in [3.63, 3.8) is 0 Å². The van der Waals surface area contributed by atoms with E-state index < -0.39 is 0 Å². The molecule has 0 radical (unpaired) electrons. The zero-order chi connectivity index (χ0) is 10.6. The molecule has 76 valence electrons. The highest BCUT2D eigenvalue weighted by atomic mass is 15.3. The Hall–Kier alpha value is -1.51. The Morgan fingerprint density at radius 1 is 1.71 bits per heavy atom. The summed E-state index contributed by atoms with van der Waals surface area (Å²) in [5.41, 5.74) is 1.08. The molecule has 3 heteroatoms. The maximum absolute atomic E-state index is 5.36. The second kappa shape index (κ2) is 4.65. The molecule has 2 N–H and O–H groups in total. The van der Waals surface area contributed by atoms with Crippen molar-refractivity contribution in [1.29, 1.82) is 0 Å². The molecule has 0 aromatic heterocycles. The normalized spacial score (nSPS) is 17.2. The third-order valence-corrected chi connectivity index (χ3v) is 2.10. The maximum atomic E-state index is 5.36. The van der Waals surface area contributed by atoms with Crippen LogP contribution in [0.2, 0.25) is 0 Å². The molecule has 0 spiro atoms. The van der Waals surface area contributed by atoms with Gasteiger partial charge in [0.05, 0.1) is 0 Å². The number of hydrazone groups is 1. The van der Waals surface area contributed by atoms with Crippen molar-refractivity contribution in [2.75, 3.05) is 6.54 Å². The van der Waals surface area contributed by atoms with Crippen LogP contribution in [0.5, 0.6) is 0 Å². The van der Waals surface area contributed by atoms with Crippen molar-refractivity contribution in [2.24, 2.45) is 16.9 Å². The second-order valence-corrected chi connectivity index (χ2v) is 3.53. The lowest BCUT2D eigenvalue weighted by molar-refractivity contribution is 0.565. The highest BCUT2D eigenvalue weighted by Gasteiger charge is 2.13. The number of hydrogen-bond acceptors (Lipinski definition) is 2. The van der Waals surface area contributed by atoms with Gasteiger partial charge in [0.15, 0.2) is 0 Å². The molecule has 0 bridgehead atoms. The molecule has 1 aliphatic heterocycles. The largest absolute Gasteiger partial charge is 0.330 e. The van der Waals surface area contributed by atoms with Crippen LogP contribution in [-0.4, -0.2) is 17.3 Å². The van der Waals surface area contributed by atoms with Crippen molar-refractivity contribution in [1.82, 2.24) is 4.90 Å². The zero-order valence-electron chi connectivity index (χ0n) is 8.77. The SMILES string of the molecule is C=CC1=CN(/C(=N\N)C(C)C)CC=C1. The van der Waals surface area contributed by atoms with Gasteiger partial charge in [-0.15, -0.1) is 0 Å². The first-order valence-corrected chi connectivity index (χ1v) is 4.74. The standard InChI is InChI=1S/C11H17N3/c1-4-10-6-5-7-14(8-10)11(13-12)9(2)3/h4-6,8-9H,1,7,12H2,2-3H3/b13-11-. The average Bonchev–Trinajstić information content (AvgIpc) is 2.19. The topological polar surface area (TPSA) is 41.6 Å². The quantitative estimate of drug-likeness (QED) is 0.313. The molecule has 14 heavy (non-hydrogen) atoms. The molecule has 0 saturated carbocycles. The van der Waals surface area contributed by atoms with Crippen molar-refractivity contribution < 1.29 is 0 Å². The van der Waals surface area contributed by atoms with Crippen LogP contribution < -0.4 is 5.84 Å². The van der Waals surface area contributed by atoms with Crippen LogP contribution in [-0.2, 0) is 0 Å². The number of rotatable bonds is 2. The summed E-state index contributed by atoms with van der Waals surface area (Å²) < 4.78 is 0. The van der Waals surface area contributed by atoms with Crippen molar-refractivity contribution in [2.45, 2.75) is 13.8 Å². The van der Waals surface area contributed by atoms with Gasteiger partial charge in [-0.05, 0) is 5.57 Å². The highest BCUT2D eigenvalue weighted by Crippen LogP contribution is 2.12. The van der Waals surface area contributed by atoms with Crippen LogP contribution in [0.3, 0.4) is 0 Å². The molecule has 3 nitrogen and oxygen atoms in total. The Bertz CT molecular complexity index is 298. The van der Waals surface area contributed by atoms with E-state index in [-0.39, 0.29) is 0 Å². The van der Waals surface area contributed by atoms with Gasteiger partial charge < -0.3 is 10.7 Å². The molecule has 0 fully saturated rings. The minimum atomic E-state index is 0.328. The van der Waals surface area contributed by atoms with Crippen molar-refractivity contribution >= 4 is 5.84 Å².